The summed E-state index contributed by atoms with van der Waals surface area (Å²) in [4.78, 5) is 14.4. The molecule has 34 heavy (non-hydrogen) atoms. The first-order chi connectivity index (χ1) is 16.2. The van der Waals surface area contributed by atoms with Crippen LogP contribution >= 0.6 is 22.4 Å². The summed E-state index contributed by atoms with van der Waals surface area (Å²) < 4.78 is 28.7. The van der Waals surface area contributed by atoms with Gasteiger partial charge < -0.3 is 14.7 Å². The van der Waals surface area contributed by atoms with Crippen molar-refractivity contribution in [1.82, 2.24) is 0 Å². The van der Waals surface area contributed by atoms with E-state index < -0.39 is 16.6 Å². The predicted octanol–water partition coefficient (Wildman–Crippen LogP) is 7.62. The quantitative estimate of drug-likeness (QED) is 0.174. The summed E-state index contributed by atoms with van der Waals surface area (Å²) in [6, 6.07) is 13.7. The number of fused-ring (bicyclic) bond motifs is 1. The fraction of sp³-hybridized carbons (Fsp3) is 0.423. The molecule has 0 bridgehead atoms. The largest absolute Gasteiger partial charge is 0.478 e. The lowest BCUT2D eigenvalue weighted by Gasteiger charge is -2.41. The van der Waals surface area contributed by atoms with Gasteiger partial charge in [-0.1, -0.05) is 51.8 Å². The average Bonchev–Trinajstić information content (AvgIpc) is 2.91. The number of anilines is 2. The van der Waals surface area contributed by atoms with Gasteiger partial charge in [0.15, 0.2) is 0 Å². The molecule has 2 aromatic rings. The van der Waals surface area contributed by atoms with Gasteiger partial charge in [0.05, 0.1) is 27.8 Å². The molecule has 8 heteroatoms. The predicted molar refractivity (Wildman–Crippen MR) is 142 cm³/mol. The van der Waals surface area contributed by atoms with Crippen molar-refractivity contribution in [3.63, 3.8) is 0 Å². The summed E-state index contributed by atoms with van der Waals surface area (Å²) in [5, 5.41) is 8.94. The van der Waals surface area contributed by atoms with E-state index in [0.29, 0.717) is 17.2 Å². The molecule has 1 unspecified atom stereocenters. The highest BCUT2D eigenvalue weighted by Gasteiger charge is 2.42. The van der Waals surface area contributed by atoms with Crippen LogP contribution in [-0.2, 0) is 4.79 Å². The third kappa shape index (κ3) is 6.10. The number of benzene rings is 2. The third-order valence-corrected chi connectivity index (χ3v) is 9.22. The van der Waals surface area contributed by atoms with Crippen LogP contribution in [0.5, 0.6) is 5.75 Å². The number of aliphatic carboxylic acids is 1. The molecule has 1 atom stereocenters. The SMILES string of the molecule is CCCCC1(CC)CN(c2ccccc2)c2cc(SCC)c(OC=CC(=O)O)cc2S(O)(O)C1. The summed E-state index contributed by atoms with van der Waals surface area (Å²) in [6.07, 6.45) is 5.86. The van der Waals surface area contributed by atoms with Gasteiger partial charge in [0.2, 0.25) is 0 Å². The maximum absolute atomic E-state index is 11.5. The van der Waals surface area contributed by atoms with Gasteiger partial charge in [0, 0.05) is 29.5 Å². The Bertz CT molecular complexity index is 1010. The fourth-order valence-electron chi connectivity index (χ4n) is 4.43. The maximum atomic E-state index is 11.5. The fourth-order valence-corrected chi connectivity index (χ4v) is 7.44. The molecule has 0 saturated carbocycles. The topological polar surface area (TPSA) is 90.2 Å². The van der Waals surface area contributed by atoms with Crippen molar-refractivity contribution in [2.75, 3.05) is 23.0 Å². The Morgan fingerprint density at radius 2 is 1.94 bits per heavy atom. The Morgan fingerprint density at radius 3 is 2.56 bits per heavy atom. The van der Waals surface area contributed by atoms with E-state index in [2.05, 4.69) is 18.7 Å². The second kappa shape index (κ2) is 11.5. The second-order valence-electron chi connectivity index (χ2n) is 8.65. The molecular formula is C26H35NO5S2. The zero-order valence-corrected chi connectivity index (χ0v) is 21.7. The summed E-state index contributed by atoms with van der Waals surface area (Å²) in [6.45, 7) is 7.01. The number of hydrogen-bond donors (Lipinski definition) is 3. The minimum Gasteiger partial charge on any atom is -0.478 e. The Balaban J connectivity index is 2.21. The van der Waals surface area contributed by atoms with Crippen LogP contribution in [0.3, 0.4) is 0 Å². The Morgan fingerprint density at radius 1 is 1.21 bits per heavy atom. The molecule has 0 aliphatic carbocycles. The lowest BCUT2D eigenvalue weighted by atomic mass is 9.81. The molecule has 1 heterocycles. The van der Waals surface area contributed by atoms with Crippen molar-refractivity contribution in [2.45, 2.75) is 56.2 Å². The van der Waals surface area contributed by atoms with Crippen molar-refractivity contribution in [1.29, 1.82) is 0 Å². The zero-order valence-electron chi connectivity index (χ0n) is 20.1. The lowest BCUT2D eigenvalue weighted by molar-refractivity contribution is -0.131. The van der Waals surface area contributed by atoms with Gasteiger partial charge in [0.1, 0.15) is 5.75 Å². The summed E-state index contributed by atoms with van der Waals surface area (Å²) in [5.74, 6) is 0.392. The number of rotatable bonds is 10. The first kappa shape index (κ1) is 26.5. The van der Waals surface area contributed by atoms with Gasteiger partial charge >= 0.3 is 5.97 Å². The summed E-state index contributed by atoms with van der Waals surface area (Å²) >= 11 is 1.57. The van der Waals surface area contributed by atoms with Crippen LogP contribution in [0, 0.1) is 5.41 Å². The van der Waals surface area contributed by atoms with Crippen molar-refractivity contribution in [2.24, 2.45) is 5.41 Å². The van der Waals surface area contributed by atoms with E-state index >= 15 is 0 Å². The van der Waals surface area contributed by atoms with Crippen molar-refractivity contribution in [3.8, 4) is 5.75 Å². The molecule has 0 amide bonds. The van der Waals surface area contributed by atoms with Crippen LogP contribution in [0.25, 0.3) is 0 Å². The molecule has 0 radical (unpaired) electrons. The van der Waals surface area contributed by atoms with E-state index in [1.54, 1.807) is 17.8 Å². The first-order valence-electron chi connectivity index (χ1n) is 11.7. The molecule has 0 saturated heterocycles. The highest BCUT2D eigenvalue weighted by Crippen LogP contribution is 2.62. The summed E-state index contributed by atoms with van der Waals surface area (Å²) in [5.41, 5.74) is 1.51. The zero-order chi connectivity index (χ0) is 24.8. The highest BCUT2D eigenvalue weighted by atomic mass is 32.3. The van der Waals surface area contributed by atoms with Gasteiger partial charge in [-0.15, -0.1) is 11.8 Å². The molecule has 2 aromatic carbocycles. The molecule has 6 nitrogen and oxygen atoms in total. The standard InChI is InChI=1S/C26H35NO5S2/c1-4-7-14-26(5-2)18-27(20-11-9-8-10-12-20)21-16-23(33-6-3)22(32-15-13-25(28)29)17-24(21)34(30,31)19-26/h8-13,15-17,30-31H,4-7,14,18-19H2,1-3H3,(H,28,29). The maximum Gasteiger partial charge on any atom is 0.331 e. The van der Waals surface area contributed by atoms with Crippen LogP contribution in [0.1, 0.15) is 46.5 Å². The van der Waals surface area contributed by atoms with E-state index in [-0.39, 0.29) is 11.2 Å². The van der Waals surface area contributed by atoms with Gasteiger partial charge in [0.25, 0.3) is 0 Å². The monoisotopic (exact) mass is 505 g/mol. The van der Waals surface area contributed by atoms with E-state index in [0.717, 1.165) is 60.0 Å². The van der Waals surface area contributed by atoms with E-state index in [1.165, 1.54) is 0 Å². The minimum atomic E-state index is -3.14. The number of ether oxygens (including phenoxy) is 1. The van der Waals surface area contributed by atoms with Crippen LogP contribution in [0.2, 0.25) is 0 Å². The van der Waals surface area contributed by atoms with Gasteiger partial charge in [-0.05, 0) is 36.8 Å². The van der Waals surface area contributed by atoms with Gasteiger partial charge in [-0.25, -0.2) is 4.79 Å². The van der Waals surface area contributed by atoms with E-state index in [1.807, 2.05) is 43.3 Å². The Kier molecular flexibility index (Phi) is 8.98. The molecule has 0 fully saturated rings. The number of carboxylic acids is 1. The number of para-hydroxylation sites is 1. The van der Waals surface area contributed by atoms with Crippen LogP contribution in [-0.4, -0.2) is 38.2 Å². The van der Waals surface area contributed by atoms with Crippen molar-refractivity contribution in [3.05, 3.63) is 54.8 Å². The molecule has 3 N–H and O–H groups in total. The lowest BCUT2D eigenvalue weighted by Crippen LogP contribution is -2.37. The van der Waals surface area contributed by atoms with Crippen molar-refractivity contribution >= 4 is 39.7 Å². The minimum absolute atomic E-state index is 0.258. The highest BCUT2D eigenvalue weighted by molar-refractivity contribution is 8.24. The van der Waals surface area contributed by atoms with Crippen molar-refractivity contribution < 1.29 is 23.7 Å². The van der Waals surface area contributed by atoms with Gasteiger partial charge in [-0.3, -0.25) is 9.11 Å². The number of hydrogen-bond acceptors (Lipinski definition) is 6. The molecule has 1 aliphatic rings. The van der Waals surface area contributed by atoms with E-state index in [4.69, 9.17) is 9.84 Å². The summed E-state index contributed by atoms with van der Waals surface area (Å²) in [7, 11) is -3.14. The number of unbranched alkanes of at least 4 members (excludes halogenated alkanes) is 1. The molecule has 186 valence electrons. The normalized spacial score (nSPS) is 20.6. The number of carboxylic acid groups (broad SMARTS) is 1. The van der Waals surface area contributed by atoms with Crippen LogP contribution in [0.15, 0.2) is 64.6 Å². The number of nitrogens with zero attached hydrogens (tertiary/aromatic N) is 1. The molecular weight excluding hydrogens is 470 g/mol. The number of carbonyl (C=O) groups is 1. The van der Waals surface area contributed by atoms with Gasteiger partial charge in [-0.2, -0.15) is 10.6 Å². The molecule has 1 aliphatic heterocycles. The second-order valence-corrected chi connectivity index (χ2v) is 12.0. The molecule has 0 spiro atoms. The Hall–Kier alpha value is -2.13. The third-order valence-electron chi connectivity index (χ3n) is 6.25. The van der Waals surface area contributed by atoms with Crippen LogP contribution < -0.4 is 9.64 Å². The smallest absolute Gasteiger partial charge is 0.331 e. The first-order valence-corrected chi connectivity index (χ1v) is 14.4. The molecule has 0 aromatic heterocycles. The van der Waals surface area contributed by atoms with Crippen LogP contribution in [0.4, 0.5) is 11.4 Å². The number of thioether (sulfide) groups is 1. The molecule has 3 rings (SSSR count). The van der Waals surface area contributed by atoms with E-state index in [9.17, 15) is 13.9 Å². The Labute approximate surface area is 208 Å². The average molecular weight is 506 g/mol.